The van der Waals surface area contributed by atoms with Crippen molar-refractivity contribution in [2.45, 2.75) is 13.0 Å². The zero-order chi connectivity index (χ0) is 25.6. The maximum atomic E-state index is 13.5. The van der Waals surface area contributed by atoms with Crippen LogP contribution in [0, 0.1) is 0 Å². The number of carbonyl (C=O) groups excluding carboxylic acids is 3. The fraction of sp³-hybridized carbons (Fsp3) is 0.207. The van der Waals surface area contributed by atoms with Crippen molar-refractivity contribution in [3.63, 3.8) is 0 Å². The standard InChI is InChI=1S/C29H26N4O4/c34-26(28-30-11-4-12-31-28)19-27(35)33(20-21-9-10-22-5-1-2-6-23(22)17-21)25-8-3-7-24(18-25)29(36)32-13-15-37-16-14-32/h1-12,17-18H,13-16,19-20H2. The van der Waals surface area contributed by atoms with E-state index in [2.05, 4.69) is 9.97 Å². The van der Waals surface area contributed by atoms with Gasteiger partial charge in [0.15, 0.2) is 5.82 Å². The molecule has 5 rings (SSSR count). The van der Waals surface area contributed by atoms with Crippen molar-refractivity contribution in [3.8, 4) is 0 Å². The van der Waals surface area contributed by atoms with E-state index in [0.717, 1.165) is 16.3 Å². The summed E-state index contributed by atoms with van der Waals surface area (Å²) in [5.41, 5.74) is 1.92. The Bertz CT molecular complexity index is 1430. The second kappa shape index (κ2) is 11.1. The minimum atomic E-state index is -0.463. The molecule has 4 aromatic rings. The average molecular weight is 495 g/mol. The molecule has 2 amide bonds. The third-order valence-corrected chi connectivity index (χ3v) is 6.29. The van der Waals surface area contributed by atoms with E-state index in [0.29, 0.717) is 37.6 Å². The van der Waals surface area contributed by atoms with Crippen molar-refractivity contribution in [3.05, 3.63) is 102 Å². The molecule has 0 atom stereocenters. The zero-order valence-electron chi connectivity index (χ0n) is 20.2. The second-order valence-electron chi connectivity index (χ2n) is 8.79. The van der Waals surface area contributed by atoms with Gasteiger partial charge < -0.3 is 14.5 Å². The van der Waals surface area contributed by atoms with Crippen molar-refractivity contribution < 1.29 is 19.1 Å². The number of hydrogen-bond donors (Lipinski definition) is 0. The molecule has 1 aliphatic heterocycles. The lowest BCUT2D eigenvalue weighted by molar-refractivity contribution is -0.117. The number of nitrogens with zero attached hydrogens (tertiary/aromatic N) is 4. The largest absolute Gasteiger partial charge is 0.378 e. The summed E-state index contributed by atoms with van der Waals surface area (Å²) in [4.78, 5) is 50.6. The molecule has 0 bridgehead atoms. The minimum absolute atomic E-state index is 0.00208. The molecule has 0 unspecified atom stereocenters. The molecule has 0 spiro atoms. The van der Waals surface area contributed by atoms with Crippen molar-refractivity contribution in [1.29, 1.82) is 0 Å². The lowest BCUT2D eigenvalue weighted by Gasteiger charge is -2.28. The molecule has 8 nitrogen and oxygen atoms in total. The molecule has 37 heavy (non-hydrogen) atoms. The van der Waals surface area contributed by atoms with Gasteiger partial charge in [-0.2, -0.15) is 0 Å². The molecule has 3 aromatic carbocycles. The summed E-state index contributed by atoms with van der Waals surface area (Å²) in [7, 11) is 0. The molecule has 1 fully saturated rings. The first-order valence-electron chi connectivity index (χ1n) is 12.1. The number of rotatable bonds is 7. The predicted octanol–water partition coefficient (Wildman–Crippen LogP) is 3.91. The quantitative estimate of drug-likeness (QED) is 0.286. The highest BCUT2D eigenvalue weighted by molar-refractivity contribution is 6.10. The molecular weight excluding hydrogens is 468 g/mol. The number of aromatic nitrogens is 2. The van der Waals surface area contributed by atoms with Crippen LogP contribution >= 0.6 is 0 Å². The highest BCUT2D eigenvalue weighted by Gasteiger charge is 2.24. The first kappa shape index (κ1) is 24.3. The van der Waals surface area contributed by atoms with E-state index in [9.17, 15) is 14.4 Å². The maximum absolute atomic E-state index is 13.5. The van der Waals surface area contributed by atoms with Crippen LogP contribution in [0.25, 0.3) is 10.8 Å². The van der Waals surface area contributed by atoms with Gasteiger partial charge in [-0.1, -0.05) is 42.5 Å². The van der Waals surface area contributed by atoms with Gasteiger partial charge in [0.1, 0.15) is 0 Å². The Labute approximate surface area is 214 Å². The third kappa shape index (κ3) is 5.70. The number of morpholine rings is 1. The number of benzene rings is 3. The van der Waals surface area contributed by atoms with Crippen LogP contribution in [-0.2, 0) is 16.1 Å². The van der Waals surface area contributed by atoms with E-state index >= 15 is 0 Å². The Morgan fingerprint density at radius 3 is 2.38 bits per heavy atom. The van der Waals surface area contributed by atoms with E-state index < -0.39 is 11.7 Å². The SMILES string of the molecule is O=C(CC(=O)N(Cc1ccc2ccccc2c1)c1cccc(C(=O)N2CCOCC2)c1)c1ncccn1. The Morgan fingerprint density at radius 1 is 0.838 bits per heavy atom. The predicted molar refractivity (Wildman–Crippen MR) is 139 cm³/mol. The van der Waals surface area contributed by atoms with E-state index in [1.165, 1.54) is 12.4 Å². The van der Waals surface area contributed by atoms with Crippen LogP contribution in [0.4, 0.5) is 5.69 Å². The van der Waals surface area contributed by atoms with E-state index in [4.69, 9.17) is 4.74 Å². The summed E-state index contributed by atoms with van der Waals surface area (Å²) in [5, 5.41) is 2.15. The number of fused-ring (bicyclic) bond motifs is 1. The van der Waals surface area contributed by atoms with Gasteiger partial charge in [-0.3, -0.25) is 14.4 Å². The van der Waals surface area contributed by atoms with Crippen LogP contribution in [0.15, 0.2) is 85.2 Å². The van der Waals surface area contributed by atoms with E-state index in [-0.39, 0.29) is 24.7 Å². The first-order valence-corrected chi connectivity index (χ1v) is 12.1. The second-order valence-corrected chi connectivity index (χ2v) is 8.79. The fourth-order valence-electron chi connectivity index (χ4n) is 4.35. The van der Waals surface area contributed by atoms with Crippen LogP contribution in [0.2, 0.25) is 0 Å². The first-order chi connectivity index (χ1) is 18.1. The van der Waals surface area contributed by atoms with Crippen LogP contribution in [0.3, 0.4) is 0 Å². The molecule has 8 heteroatoms. The van der Waals surface area contributed by atoms with Gasteiger partial charge in [-0.05, 0) is 46.7 Å². The number of amides is 2. The van der Waals surface area contributed by atoms with Gasteiger partial charge in [-0.15, -0.1) is 0 Å². The minimum Gasteiger partial charge on any atom is -0.378 e. The van der Waals surface area contributed by atoms with Gasteiger partial charge in [0.2, 0.25) is 11.7 Å². The normalized spacial score (nSPS) is 13.4. The molecule has 0 radical (unpaired) electrons. The van der Waals surface area contributed by atoms with Gasteiger partial charge in [0.25, 0.3) is 5.91 Å². The van der Waals surface area contributed by atoms with E-state index in [1.807, 2.05) is 42.5 Å². The Hall–Kier alpha value is -4.43. The Morgan fingerprint density at radius 2 is 1.59 bits per heavy atom. The Kier molecular flexibility index (Phi) is 7.28. The number of ether oxygens (including phenoxy) is 1. The lowest BCUT2D eigenvalue weighted by atomic mass is 10.1. The van der Waals surface area contributed by atoms with Crippen molar-refractivity contribution in [2.75, 3.05) is 31.2 Å². The van der Waals surface area contributed by atoms with Crippen molar-refractivity contribution >= 4 is 34.1 Å². The topological polar surface area (TPSA) is 92.7 Å². The number of hydrogen-bond acceptors (Lipinski definition) is 6. The maximum Gasteiger partial charge on any atom is 0.254 e. The summed E-state index contributed by atoms with van der Waals surface area (Å²) in [5.74, 6) is -0.981. The van der Waals surface area contributed by atoms with Crippen molar-refractivity contribution in [1.82, 2.24) is 14.9 Å². The van der Waals surface area contributed by atoms with Gasteiger partial charge >= 0.3 is 0 Å². The molecule has 0 N–H and O–H groups in total. The van der Waals surface area contributed by atoms with Crippen LogP contribution in [0.5, 0.6) is 0 Å². The van der Waals surface area contributed by atoms with Crippen LogP contribution in [0.1, 0.15) is 33.0 Å². The summed E-state index contributed by atoms with van der Waals surface area (Å²) in [6.45, 7) is 2.29. The van der Waals surface area contributed by atoms with Gasteiger partial charge in [-0.25, -0.2) is 9.97 Å². The smallest absolute Gasteiger partial charge is 0.254 e. The van der Waals surface area contributed by atoms with Crippen LogP contribution < -0.4 is 4.90 Å². The summed E-state index contributed by atoms with van der Waals surface area (Å²) >= 11 is 0. The number of Topliss-reactive ketones (excluding diaryl/α,β-unsaturated/α-hetero) is 1. The summed E-state index contributed by atoms with van der Waals surface area (Å²) in [6.07, 6.45) is 2.55. The molecule has 2 heterocycles. The monoisotopic (exact) mass is 494 g/mol. The fourth-order valence-corrected chi connectivity index (χ4v) is 4.35. The Balaban J connectivity index is 1.45. The zero-order valence-corrected chi connectivity index (χ0v) is 20.2. The van der Waals surface area contributed by atoms with E-state index in [1.54, 1.807) is 40.1 Å². The highest BCUT2D eigenvalue weighted by atomic mass is 16.5. The molecule has 186 valence electrons. The lowest BCUT2D eigenvalue weighted by Crippen LogP contribution is -2.40. The molecule has 1 aromatic heterocycles. The molecule has 0 saturated carbocycles. The average Bonchev–Trinajstić information content (AvgIpc) is 2.96. The number of ketones is 1. The summed E-state index contributed by atoms with van der Waals surface area (Å²) < 4.78 is 5.36. The summed E-state index contributed by atoms with van der Waals surface area (Å²) in [6, 6.07) is 22.6. The molecule has 1 saturated heterocycles. The molecule has 0 aliphatic carbocycles. The van der Waals surface area contributed by atoms with Gasteiger partial charge in [0, 0.05) is 36.7 Å². The van der Waals surface area contributed by atoms with Crippen molar-refractivity contribution in [2.24, 2.45) is 0 Å². The van der Waals surface area contributed by atoms with Gasteiger partial charge in [0.05, 0.1) is 26.2 Å². The highest BCUT2D eigenvalue weighted by Crippen LogP contribution is 2.24. The molecular formula is C29H26N4O4. The number of anilines is 1. The molecule has 1 aliphatic rings. The third-order valence-electron chi connectivity index (χ3n) is 6.29. The van der Waals surface area contributed by atoms with Crippen LogP contribution in [-0.4, -0.2) is 58.8 Å². The number of carbonyl (C=O) groups is 3.